The van der Waals surface area contributed by atoms with Gasteiger partial charge in [-0.1, -0.05) is 11.3 Å². The molecule has 0 atom stereocenters. The largest absolute Gasteiger partial charge is 0.497 e. The molecule has 1 fully saturated rings. The highest BCUT2D eigenvalue weighted by Gasteiger charge is 2.29. The van der Waals surface area contributed by atoms with E-state index in [2.05, 4.69) is 4.99 Å². The standard InChI is InChI=1S/C18H25N3O5S2/c1-25-11-10-21-15-5-4-14(26-2)12-16(15)27-18(21)19-17(22)13-6-8-20(9-7-13)28(3,23)24/h4-5,12-13H,6-11H2,1-3H3. The first-order valence-electron chi connectivity index (χ1n) is 9.03. The zero-order chi connectivity index (χ0) is 20.3. The van der Waals surface area contributed by atoms with Gasteiger partial charge in [-0.3, -0.25) is 4.79 Å². The van der Waals surface area contributed by atoms with Crippen LogP contribution < -0.4 is 9.54 Å². The normalized spacial score (nSPS) is 17.3. The third-order valence-electron chi connectivity index (χ3n) is 4.89. The van der Waals surface area contributed by atoms with E-state index in [0.717, 1.165) is 16.0 Å². The molecule has 1 aromatic heterocycles. The Bertz CT molecular complexity index is 1020. The third-order valence-corrected chi connectivity index (χ3v) is 7.23. The molecular formula is C18H25N3O5S2. The van der Waals surface area contributed by atoms with Crippen LogP contribution in [0, 0.1) is 5.92 Å². The molecule has 8 nitrogen and oxygen atoms in total. The van der Waals surface area contributed by atoms with E-state index in [-0.39, 0.29) is 11.8 Å². The fraction of sp³-hybridized carbons (Fsp3) is 0.556. The first-order valence-corrected chi connectivity index (χ1v) is 11.7. The minimum atomic E-state index is -3.21. The number of sulfonamides is 1. The number of fused-ring (bicyclic) bond motifs is 1. The minimum absolute atomic E-state index is 0.196. The molecule has 2 aromatic rings. The number of aromatic nitrogens is 1. The summed E-state index contributed by atoms with van der Waals surface area (Å²) in [4.78, 5) is 17.8. The molecule has 1 amide bonds. The van der Waals surface area contributed by atoms with Crippen molar-refractivity contribution in [2.45, 2.75) is 19.4 Å². The van der Waals surface area contributed by atoms with E-state index in [1.54, 1.807) is 14.2 Å². The van der Waals surface area contributed by atoms with Crippen molar-refractivity contribution in [1.82, 2.24) is 8.87 Å². The highest BCUT2D eigenvalue weighted by molar-refractivity contribution is 7.88. The second-order valence-corrected chi connectivity index (χ2v) is 9.74. The number of piperidine rings is 1. The maximum Gasteiger partial charge on any atom is 0.251 e. The van der Waals surface area contributed by atoms with E-state index in [1.807, 2.05) is 22.8 Å². The van der Waals surface area contributed by atoms with Crippen LogP contribution in [0.2, 0.25) is 0 Å². The number of hydrogen-bond donors (Lipinski definition) is 0. The van der Waals surface area contributed by atoms with E-state index in [4.69, 9.17) is 9.47 Å². The summed E-state index contributed by atoms with van der Waals surface area (Å²) in [6, 6.07) is 5.76. The Hall–Kier alpha value is -1.75. The van der Waals surface area contributed by atoms with Crippen LogP contribution in [0.1, 0.15) is 12.8 Å². The topological polar surface area (TPSA) is 90.2 Å². The number of methoxy groups -OCH3 is 2. The molecule has 0 spiro atoms. The van der Waals surface area contributed by atoms with Gasteiger partial charge in [0.15, 0.2) is 4.80 Å². The van der Waals surface area contributed by atoms with E-state index in [9.17, 15) is 13.2 Å². The summed E-state index contributed by atoms with van der Waals surface area (Å²) >= 11 is 1.43. The van der Waals surface area contributed by atoms with Crippen molar-refractivity contribution in [3.63, 3.8) is 0 Å². The summed E-state index contributed by atoms with van der Waals surface area (Å²) in [5, 5.41) is 0. The first-order chi connectivity index (χ1) is 13.3. The van der Waals surface area contributed by atoms with Crippen molar-refractivity contribution in [3.8, 4) is 5.75 Å². The molecule has 1 saturated heterocycles. The lowest BCUT2D eigenvalue weighted by molar-refractivity contribution is -0.122. The SMILES string of the molecule is COCCn1c(=NC(=O)C2CCN(S(C)(=O)=O)CC2)sc2cc(OC)ccc21. The number of carbonyl (C=O) groups excluding carboxylic acids is 1. The molecule has 0 radical (unpaired) electrons. The summed E-state index contributed by atoms with van der Waals surface area (Å²) in [5.74, 6) is 0.296. The van der Waals surface area contributed by atoms with Gasteiger partial charge in [0.05, 0.1) is 30.2 Å². The number of ether oxygens (including phenoxy) is 2. The highest BCUT2D eigenvalue weighted by atomic mass is 32.2. The van der Waals surface area contributed by atoms with Crippen LogP contribution in [0.15, 0.2) is 23.2 Å². The minimum Gasteiger partial charge on any atom is -0.497 e. The molecule has 1 aromatic carbocycles. The number of amides is 1. The molecule has 1 aliphatic heterocycles. The number of benzene rings is 1. The average molecular weight is 428 g/mol. The molecule has 10 heteroatoms. The molecule has 0 saturated carbocycles. The summed E-state index contributed by atoms with van der Waals surface area (Å²) < 4.78 is 38.2. The van der Waals surface area contributed by atoms with E-state index in [1.165, 1.54) is 21.9 Å². The number of rotatable bonds is 6. The maximum atomic E-state index is 12.8. The number of nitrogens with zero attached hydrogens (tertiary/aromatic N) is 3. The van der Waals surface area contributed by atoms with E-state index >= 15 is 0 Å². The van der Waals surface area contributed by atoms with Crippen molar-refractivity contribution in [1.29, 1.82) is 0 Å². The van der Waals surface area contributed by atoms with Crippen molar-refractivity contribution in [2.75, 3.05) is 40.2 Å². The zero-order valence-corrected chi connectivity index (χ0v) is 17.9. The van der Waals surface area contributed by atoms with Crippen molar-refractivity contribution >= 4 is 37.5 Å². The summed E-state index contributed by atoms with van der Waals surface area (Å²) in [6.07, 6.45) is 2.18. The maximum absolute atomic E-state index is 12.8. The van der Waals surface area contributed by atoms with Crippen LogP contribution >= 0.6 is 11.3 Å². The van der Waals surface area contributed by atoms with Gasteiger partial charge in [0.1, 0.15) is 5.75 Å². The average Bonchev–Trinajstić information content (AvgIpc) is 3.01. The van der Waals surface area contributed by atoms with Gasteiger partial charge < -0.3 is 14.0 Å². The van der Waals surface area contributed by atoms with Gasteiger partial charge in [0.2, 0.25) is 10.0 Å². The smallest absolute Gasteiger partial charge is 0.251 e. The van der Waals surface area contributed by atoms with Crippen LogP contribution in [0.5, 0.6) is 5.75 Å². The van der Waals surface area contributed by atoms with Crippen molar-refractivity contribution < 1.29 is 22.7 Å². The monoisotopic (exact) mass is 427 g/mol. The van der Waals surface area contributed by atoms with Crippen LogP contribution in [-0.2, 0) is 26.1 Å². The van der Waals surface area contributed by atoms with Crippen LogP contribution in [0.25, 0.3) is 10.2 Å². The van der Waals surface area contributed by atoms with E-state index < -0.39 is 10.0 Å². The fourth-order valence-electron chi connectivity index (χ4n) is 3.28. The Labute approximate surface area is 168 Å². The number of carbonyl (C=O) groups is 1. The van der Waals surface area contributed by atoms with Crippen molar-refractivity contribution in [2.24, 2.45) is 10.9 Å². The molecule has 0 bridgehead atoms. The predicted molar refractivity (Wildman–Crippen MR) is 108 cm³/mol. The first kappa shape index (κ1) is 21.0. The lowest BCUT2D eigenvalue weighted by Crippen LogP contribution is -2.39. The molecule has 154 valence electrons. The lowest BCUT2D eigenvalue weighted by atomic mass is 9.98. The number of thiazole rings is 1. The Morgan fingerprint density at radius 1 is 1.29 bits per heavy atom. The van der Waals surface area contributed by atoms with Crippen molar-refractivity contribution in [3.05, 3.63) is 23.0 Å². The van der Waals surface area contributed by atoms with Crippen LogP contribution in [-0.4, -0.2) is 63.4 Å². The molecule has 0 unspecified atom stereocenters. The molecule has 2 heterocycles. The predicted octanol–water partition coefficient (Wildman–Crippen LogP) is 1.46. The fourth-order valence-corrected chi connectivity index (χ4v) is 5.25. The van der Waals surface area contributed by atoms with Gasteiger partial charge in [-0.25, -0.2) is 12.7 Å². The Kier molecular flexibility index (Phi) is 6.54. The van der Waals surface area contributed by atoms with Gasteiger partial charge in [-0.2, -0.15) is 4.99 Å². The second kappa shape index (κ2) is 8.73. The molecule has 28 heavy (non-hydrogen) atoms. The Morgan fingerprint density at radius 3 is 2.61 bits per heavy atom. The lowest BCUT2D eigenvalue weighted by Gasteiger charge is -2.28. The van der Waals surface area contributed by atoms with Gasteiger partial charge in [0, 0.05) is 32.7 Å². The quantitative estimate of drug-likeness (QED) is 0.696. The number of hydrogen-bond acceptors (Lipinski definition) is 6. The molecular weight excluding hydrogens is 402 g/mol. The zero-order valence-electron chi connectivity index (χ0n) is 16.3. The summed E-state index contributed by atoms with van der Waals surface area (Å²) in [5.41, 5.74) is 0.973. The Morgan fingerprint density at radius 2 is 2.00 bits per heavy atom. The molecule has 1 aliphatic rings. The van der Waals surface area contributed by atoms with Gasteiger partial charge in [-0.05, 0) is 31.0 Å². The second-order valence-electron chi connectivity index (χ2n) is 6.75. The molecule has 3 rings (SSSR count). The van der Waals surface area contributed by atoms with Gasteiger partial charge in [-0.15, -0.1) is 0 Å². The third kappa shape index (κ3) is 4.62. The highest BCUT2D eigenvalue weighted by Crippen LogP contribution is 2.24. The van der Waals surface area contributed by atoms with Crippen LogP contribution in [0.3, 0.4) is 0 Å². The Balaban J connectivity index is 1.88. The van der Waals surface area contributed by atoms with Crippen LogP contribution in [0.4, 0.5) is 0 Å². The van der Waals surface area contributed by atoms with Gasteiger partial charge in [0.25, 0.3) is 5.91 Å². The van der Waals surface area contributed by atoms with E-state index in [0.29, 0.717) is 43.9 Å². The molecule has 0 aliphatic carbocycles. The molecule has 0 N–H and O–H groups in total. The summed E-state index contributed by atoms with van der Waals surface area (Å²) in [6.45, 7) is 1.81. The summed E-state index contributed by atoms with van der Waals surface area (Å²) in [7, 11) is 0.0399. The van der Waals surface area contributed by atoms with Gasteiger partial charge >= 0.3 is 0 Å².